The zero-order valence-corrected chi connectivity index (χ0v) is 25.6. The third kappa shape index (κ3) is 6.56. The minimum atomic E-state index is 0.227. The van der Waals surface area contributed by atoms with E-state index in [1.165, 1.54) is 85.2 Å². The molecule has 4 rings (SSSR count). The number of benzene rings is 1. The number of pyridine rings is 2. The van der Waals surface area contributed by atoms with Crippen LogP contribution in [-0.2, 0) is 0 Å². The van der Waals surface area contributed by atoms with Crippen molar-refractivity contribution in [1.29, 1.82) is 0 Å². The van der Waals surface area contributed by atoms with E-state index in [1.807, 2.05) is 24.7 Å². The summed E-state index contributed by atoms with van der Waals surface area (Å²) in [5.41, 5.74) is 4.42. The highest BCUT2D eigenvalue weighted by molar-refractivity contribution is 6.09. The second-order valence-corrected chi connectivity index (χ2v) is 13.1. The molecule has 0 saturated carbocycles. The predicted molar refractivity (Wildman–Crippen MR) is 169 cm³/mol. The Hall–Kier alpha value is -2.68. The molecule has 0 saturated heterocycles. The van der Waals surface area contributed by atoms with Crippen LogP contribution in [-0.4, -0.2) is 14.5 Å². The first-order valence-electron chi connectivity index (χ1n) is 15.5. The first-order valence-corrected chi connectivity index (χ1v) is 15.5. The molecule has 0 amide bonds. The summed E-state index contributed by atoms with van der Waals surface area (Å²) in [6, 6.07) is 15.5. The van der Waals surface area contributed by atoms with Gasteiger partial charge in [0.1, 0.15) is 5.82 Å². The van der Waals surface area contributed by atoms with E-state index in [9.17, 15) is 0 Å². The fourth-order valence-electron chi connectivity index (χ4n) is 6.71. The van der Waals surface area contributed by atoms with Crippen molar-refractivity contribution >= 4 is 21.8 Å². The second kappa shape index (κ2) is 12.7. The Morgan fingerprint density at radius 2 is 1.64 bits per heavy atom. The molecule has 4 aromatic rings. The summed E-state index contributed by atoms with van der Waals surface area (Å²) in [6.45, 7) is 17.1. The minimum Gasteiger partial charge on any atom is -0.294 e. The van der Waals surface area contributed by atoms with Gasteiger partial charge in [0.15, 0.2) is 0 Å². The Morgan fingerprint density at radius 1 is 0.846 bits per heavy atom. The lowest BCUT2D eigenvalue weighted by molar-refractivity contribution is 0.140. The van der Waals surface area contributed by atoms with Crippen molar-refractivity contribution in [2.75, 3.05) is 0 Å². The van der Waals surface area contributed by atoms with Crippen LogP contribution in [0.4, 0.5) is 0 Å². The monoisotopic (exact) mass is 525 g/mol. The van der Waals surface area contributed by atoms with Gasteiger partial charge >= 0.3 is 0 Å². The summed E-state index contributed by atoms with van der Waals surface area (Å²) in [5, 5.41) is 2.49. The van der Waals surface area contributed by atoms with Gasteiger partial charge in [-0.1, -0.05) is 99.1 Å². The van der Waals surface area contributed by atoms with Crippen molar-refractivity contribution in [1.82, 2.24) is 14.5 Å². The third-order valence-corrected chi connectivity index (χ3v) is 9.58. The van der Waals surface area contributed by atoms with E-state index < -0.39 is 0 Å². The highest BCUT2D eigenvalue weighted by atomic mass is 15.1. The lowest BCUT2D eigenvalue weighted by Gasteiger charge is -2.42. The van der Waals surface area contributed by atoms with Crippen molar-refractivity contribution < 1.29 is 0 Å². The van der Waals surface area contributed by atoms with Gasteiger partial charge in [0.05, 0.1) is 11.0 Å². The van der Waals surface area contributed by atoms with Crippen molar-refractivity contribution in [2.45, 2.75) is 112 Å². The van der Waals surface area contributed by atoms with Gasteiger partial charge in [0.2, 0.25) is 0 Å². The molecule has 0 fully saturated rings. The van der Waals surface area contributed by atoms with E-state index in [-0.39, 0.29) is 5.41 Å². The molecule has 0 spiro atoms. The van der Waals surface area contributed by atoms with Crippen LogP contribution < -0.4 is 0 Å². The smallest absolute Gasteiger partial charge is 0.137 e. The predicted octanol–water partition coefficient (Wildman–Crippen LogP) is 10.9. The topological polar surface area (TPSA) is 30.7 Å². The normalized spacial score (nSPS) is 15.5. The van der Waals surface area contributed by atoms with E-state index in [2.05, 4.69) is 94.4 Å². The fraction of sp³-hybridized carbons (Fsp3) is 0.556. The van der Waals surface area contributed by atoms with Crippen molar-refractivity contribution in [3.05, 3.63) is 66.6 Å². The molecule has 39 heavy (non-hydrogen) atoms. The lowest BCUT2D eigenvalue weighted by Crippen LogP contribution is -2.30. The molecule has 0 aliphatic heterocycles. The molecule has 3 unspecified atom stereocenters. The Bertz CT molecular complexity index is 1340. The zero-order valence-electron chi connectivity index (χ0n) is 25.6. The SMILES string of the molecule is CCCCCCC(C)(C)C(CC(C)(CC)CC(C)CC)c1ccc2c(c1)c1cnccc1n2-c1ccccn1. The lowest BCUT2D eigenvalue weighted by atomic mass is 9.63. The van der Waals surface area contributed by atoms with E-state index in [0.717, 1.165) is 11.7 Å². The van der Waals surface area contributed by atoms with Gasteiger partial charge in [0.25, 0.3) is 0 Å². The summed E-state index contributed by atoms with van der Waals surface area (Å²) < 4.78 is 2.29. The van der Waals surface area contributed by atoms with Gasteiger partial charge in [-0.05, 0) is 77.8 Å². The number of nitrogens with zero attached hydrogens (tertiary/aromatic N) is 3. The standard InChI is InChI=1S/C36H51N3/c1-8-11-12-14-20-35(5,6)31(25-36(7,10-3)24-27(4)9-2)28-17-18-32-29(23-28)30-26-37-22-19-33(30)39(32)34-16-13-15-21-38-34/h13,15-19,21-23,26-27,31H,8-12,14,20,24-25H2,1-7H3. The van der Waals surface area contributed by atoms with Crippen LogP contribution in [0.2, 0.25) is 0 Å². The highest BCUT2D eigenvalue weighted by Gasteiger charge is 2.37. The zero-order chi connectivity index (χ0) is 28.0. The molecule has 0 aliphatic carbocycles. The van der Waals surface area contributed by atoms with Crippen LogP contribution in [0, 0.1) is 16.7 Å². The molecule has 210 valence electrons. The molecule has 0 aliphatic rings. The summed E-state index contributed by atoms with van der Waals surface area (Å²) in [7, 11) is 0. The summed E-state index contributed by atoms with van der Waals surface area (Å²) in [6.07, 6.45) is 17.4. The number of aromatic nitrogens is 3. The average Bonchev–Trinajstić information content (AvgIpc) is 3.28. The average molecular weight is 526 g/mol. The van der Waals surface area contributed by atoms with Crippen molar-refractivity contribution in [3.8, 4) is 5.82 Å². The van der Waals surface area contributed by atoms with Crippen LogP contribution in [0.3, 0.4) is 0 Å². The van der Waals surface area contributed by atoms with Crippen molar-refractivity contribution in [2.24, 2.45) is 16.7 Å². The Morgan fingerprint density at radius 3 is 2.33 bits per heavy atom. The van der Waals surface area contributed by atoms with E-state index in [4.69, 9.17) is 4.98 Å². The van der Waals surface area contributed by atoms with Crippen LogP contribution in [0.15, 0.2) is 61.1 Å². The Labute approximate surface area is 237 Å². The first kappa shape index (κ1) is 29.3. The molecule has 3 heterocycles. The van der Waals surface area contributed by atoms with Gasteiger partial charge < -0.3 is 0 Å². The number of fused-ring (bicyclic) bond motifs is 3. The largest absolute Gasteiger partial charge is 0.294 e. The first-order chi connectivity index (χ1) is 18.7. The number of rotatable bonds is 14. The minimum absolute atomic E-state index is 0.227. The van der Waals surface area contributed by atoms with Crippen LogP contribution in [0.5, 0.6) is 0 Å². The summed E-state index contributed by atoms with van der Waals surface area (Å²) in [4.78, 5) is 9.24. The molecule has 3 heteroatoms. The van der Waals surface area contributed by atoms with Crippen LogP contribution >= 0.6 is 0 Å². The number of hydrogen-bond acceptors (Lipinski definition) is 2. The molecule has 3 atom stereocenters. The molecular formula is C36H51N3. The van der Waals surface area contributed by atoms with Gasteiger partial charge in [-0.3, -0.25) is 9.55 Å². The molecule has 1 aromatic carbocycles. The molecule has 3 aromatic heterocycles. The van der Waals surface area contributed by atoms with Gasteiger partial charge in [-0.15, -0.1) is 0 Å². The number of hydrogen-bond donors (Lipinski definition) is 0. The molecule has 0 bridgehead atoms. The van der Waals surface area contributed by atoms with E-state index in [1.54, 1.807) is 0 Å². The quantitative estimate of drug-likeness (QED) is 0.153. The van der Waals surface area contributed by atoms with Gasteiger partial charge in [-0.2, -0.15) is 0 Å². The molecule has 0 N–H and O–H groups in total. The fourth-order valence-corrected chi connectivity index (χ4v) is 6.71. The molecule has 3 nitrogen and oxygen atoms in total. The summed E-state index contributed by atoms with van der Waals surface area (Å²) in [5.74, 6) is 2.21. The number of unbranched alkanes of at least 4 members (excludes halogenated alkanes) is 3. The summed E-state index contributed by atoms with van der Waals surface area (Å²) >= 11 is 0. The van der Waals surface area contributed by atoms with Crippen LogP contribution in [0.25, 0.3) is 27.6 Å². The molecule has 0 radical (unpaired) electrons. The Balaban J connectivity index is 1.82. The Kier molecular flexibility index (Phi) is 9.51. The third-order valence-electron chi connectivity index (χ3n) is 9.58. The molecular weight excluding hydrogens is 474 g/mol. The van der Waals surface area contributed by atoms with Crippen LogP contribution in [0.1, 0.15) is 118 Å². The van der Waals surface area contributed by atoms with E-state index >= 15 is 0 Å². The van der Waals surface area contributed by atoms with E-state index in [0.29, 0.717) is 11.3 Å². The highest BCUT2D eigenvalue weighted by Crippen LogP contribution is 2.50. The maximum atomic E-state index is 4.70. The van der Waals surface area contributed by atoms with Gasteiger partial charge in [0, 0.05) is 29.4 Å². The second-order valence-electron chi connectivity index (χ2n) is 13.1. The van der Waals surface area contributed by atoms with Crippen molar-refractivity contribution in [3.63, 3.8) is 0 Å². The maximum absolute atomic E-state index is 4.70. The van der Waals surface area contributed by atoms with Gasteiger partial charge in [-0.25, -0.2) is 4.98 Å². The maximum Gasteiger partial charge on any atom is 0.137 e.